The van der Waals surface area contributed by atoms with E-state index >= 15 is 0 Å². The van der Waals surface area contributed by atoms with Crippen LogP contribution in [0.15, 0.2) is 23.1 Å². The van der Waals surface area contributed by atoms with Gasteiger partial charge in [0, 0.05) is 16.9 Å². The largest absolute Gasteiger partial charge is 0.486 e. The van der Waals surface area contributed by atoms with E-state index in [-0.39, 0.29) is 17.5 Å². The Bertz CT molecular complexity index is 549. The van der Waals surface area contributed by atoms with Gasteiger partial charge in [0.05, 0.1) is 16.6 Å². The standard InChI is InChI=1S/C16H20O4S/c17-14(12-4-2-1-3-5-12)11-21(18)13-6-7-15-16(10-13)20-9-8-19-15/h6-7,10,12H,1-5,8-9,11H2. The molecule has 1 aromatic rings. The molecule has 1 aromatic carbocycles. The molecule has 1 aliphatic heterocycles. The fourth-order valence-corrected chi connectivity index (χ4v) is 4.04. The number of hydrogen-bond donors (Lipinski definition) is 0. The molecule has 1 heterocycles. The number of Topliss-reactive ketones (excluding diaryl/α,β-unsaturated/α-hetero) is 1. The Balaban J connectivity index is 1.66. The van der Waals surface area contributed by atoms with Gasteiger partial charge in [0.25, 0.3) is 0 Å². The maximum absolute atomic E-state index is 12.4. The van der Waals surface area contributed by atoms with Crippen molar-refractivity contribution in [3.8, 4) is 11.5 Å². The van der Waals surface area contributed by atoms with Gasteiger partial charge < -0.3 is 9.47 Å². The van der Waals surface area contributed by atoms with Crippen LogP contribution in [0.1, 0.15) is 32.1 Å². The molecule has 5 heteroatoms. The summed E-state index contributed by atoms with van der Waals surface area (Å²) in [7, 11) is -1.30. The van der Waals surface area contributed by atoms with Gasteiger partial charge in [-0.3, -0.25) is 9.00 Å². The molecular formula is C16H20O4S. The Hall–Kier alpha value is -1.36. The highest BCUT2D eigenvalue weighted by Gasteiger charge is 2.23. The van der Waals surface area contributed by atoms with E-state index in [0.717, 1.165) is 25.7 Å². The van der Waals surface area contributed by atoms with E-state index in [2.05, 4.69) is 0 Å². The van der Waals surface area contributed by atoms with E-state index in [9.17, 15) is 9.00 Å². The van der Waals surface area contributed by atoms with Crippen LogP contribution in [0.25, 0.3) is 0 Å². The molecule has 21 heavy (non-hydrogen) atoms. The second kappa shape index (κ2) is 6.60. The van der Waals surface area contributed by atoms with Crippen molar-refractivity contribution in [2.45, 2.75) is 37.0 Å². The molecule has 4 nitrogen and oxygen atoms in total. The fourth-order valence-electron chi connectivity index (χ4n) is 2.92. The van der Waals surface area contributed by atoms with Crippen LogP contribution < -0.4 is 9.47 Å². The van der Waals surface area contributed by atoms with E-state index in [0.29, 0.717) is 29.6 Å². The summed E-state index contributed by atoms with van der Waals surface area (Å²) in [5, 5.41) is 0. The lowest BCUT2D eigenvalue weighted by molar-refractivity contribution is -0.121. The summed E-state index contributed by atoms with van der Waals surface area (Å²) >= 11 is 0. The molecular weight excluding hydrogens is 288 g/mol. The van der Waals surface area contributed by atoms with Gasteiger partial charge in [-0.05, 0) is 25.0 Å². The van der Waals surface area contributed by atoms with Crippen molar-refractivity contribution in [3.05, 3.63) is 18.2 Å². The quantitative estimate of drug-likeness (QED) is 0.858. The normalized spacial score (nSPS) is 20.0. The third kappa shape index (κ3) is 3.46. The molecule has 1 saturated carbocycles. The highest BCUT2D eigenvalue weighted by Crippen LogP contribution is 2.32. The number of fused-ring (bicyclic) bond motifs is 1. The third-order valence-corrected chi connectivity index (χ3v) is 5.44. The van der Waals surface area contributed by atoms with Crippen LogP contribution in [0.4, 0.5) is 0 Å². The molecule has 1 unspecified atom stereocenters. The van der Waals surface area contributed by atoms with E-state index in [1.165, 1.54) is 6.42 Å². The van der Waals surface area contributed by atoms with Crippen molar-refractivity contribution in [1.82, 2.24) is 0 Å². The molecule has 0 N–H and O–H groups in total. The molecule has 1 aliphatic carbocycles. The highest BCUT2D eigenvalue weighted by atomic mass is 32.2. The first kappa shape index (κ1) is 14.6. The third-order valence-electron chi connectivity index (χ3n) is 4.11. The number of ketones is 1. The van der Waals surface area contributed by atoms with E-state index < -0.39 is 10.8 Å². The van der Waals surface area contributed by atoms with Gasteiger partial charge in [-0.1, -0.05) is 19.3 Å². The van der Waals surface area contributed by atoms with E-state index in [1.54, 1.807) is 18.2 Å². The molecule has 0 aromatic heterocycles. The molecule has 0 saturated heterocycles. The lowest BCUT2D eigenvalue weighted by Crippen LogP contribution is -2.23. The molecule has 114 valence electrons. The number of benzene rings is 1. The van der Waals surface area contributed by atoms with Crippen molar-refractivity contribution in [3.63, 3.8) is 0 Å². The lowest BCUT2D eigenvalue weighted by atomic mass is 9.87. The zero-order chi connectivity index (χ0) is 14.7. The van der Waals surface area contributed by atoms with Crippen molar-refractivity contribution in [2.24, 2.45) is 5.92 Å². The van der Waals surface area contributed by atoms with Gasteiger partial charge >= 0.3 is 0 Å². The zero-order valence-electron chi connectivity index (χ0n) is 12.0. The van der Waals surface area contributed by atoms with Gasteiger partial charge in [0.2, 0.25) is 0 Å². The smallest absolute Gasteiger partial charge is 0.162 e. The Morgan fingerprint density at radius 1 is 1.10 bits per heavy atom. The summed E-state index contributed by atoms with van der Waals surface area (Å²) in [6.07, 6.45) is 5.36. The predicted octanol–water partition coefficient (Wildman–Crippen LogP) is 2.71. The van der Waals surface area contributed by atoms with Crippen LogP contribution in [-0.2, 0) is 15.6 Å². The van der Waals surface area contributed by atoms with Crippen LogP contribution in [-0.4, -0.2) is 29.0 Å². The Kier molecular flexibility index (Phi) is 4.58. The Morgan fingerprint density at radius 3 is 2.57 bits per heavy atom. The summed E-state index contributed by atoms with van der Waals surface area (Å²) in [5.74, 6) is 1.67. The number of ether oxygens (including phenoxy) is 2. The SMILES string of the molecule is O=C(CS(=O)c1ccc2c(c1)OCCO2)C1CCCCC1. The van der Waals surface area contributed by atoms with Crippen molar-refractivity contribution < 1.29 is 18.5 Å². The van der Waals surface area contributed by atoms with Crippen LogP contribution in [0.5, 0.6) is 11.5 Å². The molecule has 2 aliphatic rings. The fraction of sp³-hybridized carbons (Fsp3) is 0.562. The minimum Gasteiger partial charge on any atom is -0.486 e. The summed E-state index contributed by atoms with van der Waals surface area (Å²) in [6.45, 7) is 1.04. The van der Waals surface area contributed by atoms with Crippen LogP contribution in [0.3, 0.4) is 0 Å². The molecule has 0 bridgehead atoms. The number of carbonyl (C=O) groups is 1. The number of carbonyl (C=O) groups excluding carboxylic acids is 1. The van der Waals surface area contributed by atoms with Crippen molar-refractivity contribution >= 4 is 16.6 Å². The second-order valence-electron chi connectivity index (χ2n) is 5.60. The molecule has 1 atom stereocenters. The Morgan fingerprint density at radius 2 is 1.81 bits per heavy atom. The van der Waals surface area contributed by atoms with Crippen LogP contribution in [0, 0.1) is 5.92 Å². The molecule has 1 fully saturated rings. The molecule has 0 radical (unpaired) electrons. The van der Waals surface area contributed by atoms with E-state index in [1.807, 2.05) is 0 Å². The topological polar surface area (TPSA) is 52.6 Å². The maximum Gasteiger partial charge on any atom is 0.162 e. The first-order valence-electron chi connectivity index (χ1n) is 7.55. The summed E-state index contributed by atoms with van der Waals surface area (Å²) in [4.78, 5) is 12.9. The lowest BCUT2D eigenvalue weighted by Gasteiger charge is -2.20. The highest BCUT2D eigenvalue weighted by molar-refractivity contribution is 7.85. The minimum absolute atomic E-state index is 0.111. The van der Waals surface area contributed by atoms with Gasteiger partial charge in [-0.15, -0.1) is 0 Å². The monoisotopic (exact) mass is 308 g/mol. The minimum atomic E-state index is -1.30. The van der Waals surface area contributed by atoms with Crippen molar-refractivity contribution in [2.75, 3.05) is 19.0 Å². The molecule has 3 rings (SSSR count). The second-order valence-corrected chi connectivity index (χ2v) is 7.05. The average molecular weight is 308 g/mol. The number of hydrogen-bond acceptors (Lipinski definition) is 4. The summed E-state index contributed by atoms with van der Waals surface area (Å²) in [6, 6.07) is 5.27. The van der Waals surface area contributed by atoms with Gasteiger partial charge in [0.1, 0.15) is 19.0 Å². The first-order chi connectivity index (χ1) is 10.2. The zero-order valence-corrected chi connectivity index (χ0v) is 12.8. The van der Waals surface area contributed by atoms with Crippen LogP contribution >= 0.6 is 0 Å². The predicted molar refractivity (Wildman–Crippen MR) is 80.3 cm³/mol. The van der Waals surface area contributed by atoms with Gasteiger partial charge in [0.15, 0.2) is 11.5 Å². The van der Waals surface area contributed by atoms with E-state index in [4.69, 9.17) is 9.47 Å². The average Bonchev–Trinajstić information content (AvgIpc) is 2.55. The Labute approximate surface area is 127 Å². The maximum atomic E-state index is 12.4. The van der Waals surface area contributed by atoms with Gasteiger partial charge in [-0.2, -0.15) is 0 Å². The molecule has 0 spiro atoms. The molecule has 0 amide bonds. The first-order valence-corrected chi connectivity index (χ1v) is 8.86. The summed E-state index contributed by atoms with van der Waals surface area (Å²) in [5.41, 5.74) is 0. The van der Waals surface area contributed by atoms with Crippen molar-refractivity contribution in [1.29, 1.82) is 0 Å². The van der Waals surface area contributed by atoms with Gasteiger partial charge in [-0.25, -0.2) is 0 Å². The van der Waals surface area contributed by atoms with Crippen LogP contribution in [0.2, 0.25) is 0 Å². The number of rotatable bonds is 4. The summed E-state index contributed by atoms with van der Waals surface area (Å²) < 4.78 is 23.3.